The van der Waals surface area contributed by atoms with E-state index in [0.29, 0.717) is 28.1 Å². The molecule has 3 heterocycles. The lowest BCUT2D eigenvalue weighted by Gasteiger charge is -2.32. The molecule has 1 aromatic carbocycles. The quantitative estimate of drug-likeness (QED) is 0.700. The van der Waals surface area contributed by atoms with E-state index in [0.717, 1.165) is 25.2 Å². The molecule has 0 spiro atoms. The summed E-state index contributed by atoms with van der Waals surface area (Å²) in [5.74, 6) is 1.12. The number of benzene rings is 1. The lowest BCUT2D eigenvalue weighted by atomic mass is 9.97. The zero-order valence-electron chi connectivity index (χ0n) is 14.8. The van der Waals surface area contributed by atoms with Crippen LogP contribution in [0.5, 0.6) is 0 Å². The largest absolute Gasteiger partial charge is 0.354 e. The molecule has 1 N–H and O–H groups in total. The molecule has 0 bridgehead atoms. The predicted octanol–water partition coefficient (Wildman–Crippen LogP) is 3.22. The van der Waals surface area contributed by atoms with Crippen molar-refractivity contribution in [2.75, 3.05) is 23.3 Å². The van der Waals surface area contributed by atoms with E-state index in [1.54, 1.807) is 29.2 Å². The highest BCUT2D eigenvalue weighted by molar-refractivity contribution is 6.42. The number of amides is 1. The third-order valence-electron chi connectivity index (χ3n) is 4.59. The van der Waals surface area contributed by atoms with Crippen LogP contribution in [0, 0.1) is 5.92 Å². The van der Waals surface area contributed by atoms with Crippen molar-refractivity contribution in [2.45, 2.75) is 12.8 Å². The summed E-state index contributed by atoms with van der Waals surface area (Å²) >= 11 is 11.9. The lowest BCUT2D eigenvalue weighted by molar-refractivity contribution is -0.120. The average molecular weight is 418 g/mol. The van der Waals surface area contributed by atoms with Crippen molar-refractivity contribution in [1.29, 1.82) is 0 Å². The van der Waals surface area contributed by atoms with Crippen LogP contribution in [0.4, 0.5) is 11.5 Å². The van der Waals surface area contributed by atoms with Crippen molar-refractivity contribution in [3.8, 4) is 5.82 Å². The Hall–Kier alpha value is -2.71. The fourth-order valence-corrected chi connectivity index (χ4v) is 3.45. The molecule has 1 aliphatic rings. The van der Waals surface area contributed by atoms with Crippen LogP contribution >= 0.6 is 23.2 Å². The molecule has 2 aromatic heterocycles. The second kappa shape index (κ2) is 8.12. The average Bonchev–Trinajstić information content (AvgIpc) is 3.26. The number of nitrogens with one attached hydrogen (secondary N) is 1. The van der Waals surface area contributed by atoms with E-state index in [4.69, 9.17) is 23.2 Å². The van der Waals surface area contributed by atoms with Crippen LogP contribution < -0.4 is 10.2 Å². The molecule has 1 saturated heterocycles. The van der Waals surface area contributed by atoms with Gasteiger partial charge in [0.25, 0.3) is 0 Å². The van der Waals surface area contributed by atoms with Gasteiger partial charge in [0.05, 0.1) is 16.0 Å². The normalized spacial score (nSPS) is 16.8. The molecule has 144 valence electrons. The summed E-state index contributed by atoms with van der Waals surface area (Å²) in [6.07, 6.45) is 4.71. The van der Waals surface area contributed by atoms with Crippen LogP contribution in [0.25, 0.3) is 5.82 Å². The van der Waals surface area contributed by atoms with Crippen LogP contribution in [0.15, 0.2) is 43.0 Å². The first-order chi connectivity index (χ1) is 13.6. The topological polar surface area (TPSA) is 88.8 Å². The van der Waals surface area contributed by atoms with Gasteiger partial charge in [0.2, 0.25) is 5.91 Å². The van der Waals surface area contributed by atoms with Crippen molar-refractivity contribution in [2.24, 2.45) is 5.92 Å². The Labute approximate surface area is 171 Å². The van der Waals surface area contributed by atoms with E-state index in [1.807, 2.05) is 12.1 Å². The molecule has 0 saturated carbocycles. The maximum Gasteiger partial charge on any atom is 0.229 e. The molecule has 0 radical (unpaired) electrons. The number of nitrogens with zero attached hydrogens (tertiary/aromatic N) is 6. The minimum atomic E-state index is -0.153. The number of rotatable bonds is 4. The summed E-state index contributed by atoms with van der Waals surface area (Å²) in [6.45, 7) is 1.40. The number of piperidine rings is 1. The molecule has 8 nitrogen and oxygen atoms in total. The Morgan fingerprint density at radius 3 is 2.64 bits per heavy atom. The molecule has 10 heteroatoms. The first kappa shape index (κ1) is 18.6. The molecule has 4 rings (SSSR count). The molecule has 0 aliphatic carbocycles. The Morgan fingerprint density at radius 2 is 1.93 bits per heavy atom. The van der Waals surface area contributed by atoms with Crippen molar-refractivity contribution < 1.29 is 4.79 Å². The van der Waals surface area contributed by atoms with Crippen LogP contribution in [0.1, 0.15) is 12.8 Å². The highest BCUT2D eigenvalue weighted by Gasteiger charge is 2.27. The Morgan fingerprint density at radius 1 is 1.11 bits per heavy atom. The molecular formula is C18H17Cl2N7O. The Kier molecular flexibility index (Phi) is 5.40. The molecule has 1 atom stereocenters. The fourth-order valence-electron chi connectivity index (χ4n) is 3.15. The lowest BCUT2D eigenvalue weighted by Crippen LogP contribution is -2.41. The van der Waals surface area contributed by atoms with Gasteiger partial charge in [0.1, 0.15) is 12.7 Å². The van der Waals surface area contributed by atoms with E-state index < -0.39 is 0 Å². The predicted molar refractivity (Wildman–Crippen MR) is 107 cm³/mol. The number of carbonyl (C=O) groups excluding carboxylic acids is 1. The van der Waals surface area contributed by atoms with Gasteiger partial charge in [-0.05, 0) is 43.2 Å². The highest BCUT2D eigenvalue weighted by atomic mass is 35.5. The molecular weight excluding hydrogens is 401 g/mol. The van der Waals surface area contributed by atoms with E-state index >= 15 is 0 Å². The van der Waals surface area contributed by atoms with Crippen molar-refractivity contribution in [3.05, 3.63) is 53.0 Å². The van der Waals surface area contributed by atoms with Gasteiger partial charge >= 0.3 is 0 Å². The molecule has 3 aromatic rings. The molecule has 28 heavy (non-hydrogen) atoms. The van der Waals surface area contributed by atoms with Crippen molar-refractivity contribution in [3.63, 3.8) is 0 Å². The summed E-state index contributed by atoms with van der Waals surface area (Å²) in [5.41, 5.74) is 0.633. The number of hydrogen-bond donors (Lipinski definition) is 1. The second-order valence-electron chi connectivity index (χ2n) is 6.49. The van der Waals surface area contributed by atoms with Crippen molar-refractivity contribution >= 4 is 40.6 Å². The Bertz CT molecular complexity index is 963. The highest BCUT2D eigenvalue weighted by Crippen LogP contribution is 2.27. The van der Waals surface area contributed by atoms with Crippen LogP contribution in [0.3, 0.4) is 0 Å². The fraction of sp³-hybridized carbons (Fsp3) is 0.278. The molecule has 0 unspecified atom stereocenters. The summed E-state index contributed by atoms with van der Waals surface area (Å²) in [7, 11) is 0. The number of halogens is 2. The van der Waals surface area contributed by atoms with E-state index in [-0.39, 0.29) is 11.8 Å². The van der Waals surface area contributed by atoms with Gasteiger partial charge in [-0.2, -0.15) is 5.10 Å². The van der Waals surface area contributed by atoms with E-state index in [2.05, 4.69) is 30.5 Å². The number of anilines is 2. The number of carbonyl (C=O) groups is 1. The molecule has 1 fully saturated rings. The molecule has 1 aliphatic heterocycles. The van der Waals surface area contributed by atoms with Gasteiger partial charge in [0, 0.05) is 18.8 Å². The smallest absolute Gasteiger partial charge is 0.229 e. The maximum absolute atomic E-state index is 12.7. The summed E-state index contributed by atoms with van der Waals surface area (Å²) in [6, 6.07) is 8.76. The minimum Gasteiger partial charge on any atom is -0.354 e. The van der Waals surface area contributed by atoms with Crippen LogP contribution in [-0.2, 0) is 4.79 Å². The van der Waals surface area contributed by atoms with Gasteiger partial charge in [-0.3, -0.25) is 4.79 Å². The summed E-state index contributed by atoms with van der Waals surface area (Å²) in [4.78, 5) is 18.7. The monoisotopic (exact) mass is 417 g/mol. The molecule has 1 amide bonds. The van der Waals surface area contributed by atoms with Crippen LogP contribution in [0.2, 0.25) is 10.0 Å². The van der Waals surface area contributed by atoms with Gasteiger partial charge in [-0.15, -0.1) is 10.2 Å². The maximum atomic E-state index is 12.7. The van der Waals surface area contributed by atoms with E-state index in [9.17, 15) is 4.79 Å². The van der Waals surface area contributed by atoms with Crippen molar-refractivity contribution in [1.82, 2.24) is 25.0 Å². The summed E-state index contributed by atoms with van der Waals surface area (Å²) in [5, 5.41) is 16.3. The zero-order chi connectivity index (χ0) is 19.5. The van der Waals surface area contributed by atoms with Gasteiger partial charge < -0.3 is 10.2 Å². The minimum absolute atomic E-state index is 0.0460. The number of hydrogen-bond acceptors (Lipinski definition) is 6. The number of aromatic nitrogens is 5. The summed E-state index contributed by atoms with van der Waals surface area (Å²) < 4.78 is 1.54. The van der Waals surface area contributed by atoms with Gasteiger partial charge in [0.15, 0.2) is 11.6 Å². The van der Waals surface area contributed by atoms with Crippen LogP contribution in [-0.4, -0.2) is 44.0 Å². The first-order valence-electron chi connectivity index (χ1n) is 8.80. The Balaban J connectivity index is 1.42. The van der Waals surface area contributed by atoms with Gasteiger partial charge in [-0.25, -0.2) is 9.67 Å². The third-order valence-corrected chi connectivity index (χ3v) is 5.33. The van der Waals surface area contributed by atoms with Gasteiger partial charge in [-0.1, -0.05) is 23.2 Å². The third kappa shape index (κ3) is 4.07. The SMILES string of the molecule is O=C(Nc1ccc(Cl)c(Cl)c1)[C@H]1CCCN(c2ccc(-n3cncn3)nn2)C1. The first-order valence-corrected chi connectivity index (χ1v) is 9.55. The second-order valence-corrected chi connectivity index (χ2v) is 7.31. The van der Waals surface area contributed by atoms with E-state index in [1.165, 1.54) is 6.33 Å². The zero-order valence-corrected chi connectivity index (χ0v) is 16.3. The standard InChI is InChI=1S/C18H17Cl2N7O/c19-14-4-3-13(8-15(14)20)23-18(28)12-2-1-7-26(9-12)16-5-6-17(25-24-16)27-11-21-10-22-27/h3-6,8,10-12H,1-2,7,9H2,(H,23,28)/t12-/m0/s1.